The standard InChI is InChI=1S/C42H55N7O17.3CH4/c1-29(45-32(52)14-20-48-37(57)8-9-38(48)58)24-65-28-42(27-64-23-15-41(61)66-49-39(59)10-11-40(49)60,25-62-21-2-16-43-30(50)12-18-46-33(53)4-5-34(46)54)26-63-22-3-17-44-31(51)13-19-47-35(55)6-7-36(47)56;;;/h4-9,29H,2-3,10-28H2,1H3,(H,43,50)(H,44,51)(H,45,52);3*1H4. The van der Waals surface area contributed by atoms with Gasteiger partial charge >= 0.3 is 5.97 Å². The van der Waals surface area contributed by atoms with Gasteiger partial charge in [-0.05, 0) is 19.8 Å². The van der Waals surface area contributed by atoms with Gasteiger partial charge in [0.15, 0.2) is 0 Å². The maximum Gasteiger partial charge on any atom is 0.335 e. The van der Waals surface area contributed by atoms with E-state index in [2.05, 4.69) is 16.0 Å². The number of hydrogen-bond acceptors (Lipinski definition) is 17. The molecule has 0 radical (unpaired) electrons. The fraction of sp³-hybridized carbons (Fsp3) is 0.600. The van der Waals surface area contributed by atoms with E-state index in [-0.39, 0.29) is 158 Å². The van der Waals surface area contributed by atoms with E-state index in [0.29, 0.717) is 17.9 Å². The molecule has 0 aromatic rings. The second kappa shape index (κ2) is 30.8. The smallest absolute Gasteiger partial charge is 0.335 e. The van der Waals surface area contributed by atoms with Gasteiger partial charge in [0.25, 0.3) is 47.3 Å². The zero-order chi connectivity index (χ0) is 48.1. The number of carbonyl (C=O) groups excluding carboxylic acids is 12. The molecule has 384 valence electrons. The topological polar surface area (TPSA) is 300 Å². The van der Waals surface area contributed by atoms with E-state index in [9.17, 15) is 57.5 Å². The van der Waals surface area contributed by atoms with Gasteiger partial charge in [0.1, 0.15) is 0 Å². The number of amides is 11. The Morgan fingerprint density at radius 3 is 1.30 bits per heavy atom. The molecule has 24 heteroatoms. The number of imide groups is 4. The molecule has 0 aliphatic carbocycles. The van der Waals surface area contributed by atoms with Crippen LogP contribution in [0.3, 0.4) is 0 Å². The summed E-state index contributed by atoms with van der Waals surface area (Å²) in [6, 6.07) is -0.546. The minimum absolute atomic E-state index is 0. The van der Waals surface area contributed by atoms with E-state index >= 15 is 0 Å². The van der Waals surface area contributed by atoms with Gasteiger partial charge < -0.3 is 39.7 Å². The average molecular weight is 978 g/mol. The highest BCUT2D eigenvalue weighted by Crippen LogP contribution is 2.22. The van der Waals surface area contributed by atoms with E-state index in [0.717, 1.165) is 51.2 Å². The fourth-order valence-corrected chi connectivity index (χ4v) is 6.49. The first-order valence-electron chi connectivity index (χ1n) is 21.4. The third-order valence-corrected chi connectivity index (χ3v) is 10.0. The Labute approximate surface area is 401 Å². The van der Waals surface area contributed by atoms with Crippen LogP contribution in [0.25, 0.3) is 0 Å². The highest BCUT2D eigenvalue weighted by atomic mass is 16.7. The molecule has 4 aliphatic rings. The van der Waals surface area contributed by atoms with E-state index in [1.54, 1.807) is 6.92 Å². The number of carbonyl (C=O) groups is 12. The van der Waals surface area contributed by atoms with Crippen molar-refractivity contribution in [2.75, 3.05) is 85.6 Å². The molecule has 69 heavy (non-hydrogen) atoms. The van der Waals surface area contributed by atoms with Crippen LogP contribution in [0.4, 0.5) is 0 Å². The summed E-state index contributed by atoms with van der Waals surface area (Å²) in [5.74, 6) is -6.37. The zero-order valence-corrected chi connectivity index (χ0v) is 36.6. The molecule has 1 fully saturated rings. The van der Waals surface area contributed by atoms with Crippen LogP contribution >= 0.6 is 0 Å². The van der Waals surface area contributed by atoms with Crippen molar-refractivity contribution < 1.29 is 81.3 Å². The minimum Gasteiger partial charge on any atom is -0.381 e. The van der Waals surface area contributed by atoms with Gasteiger partial charge in [-0.25, -0.2) is 4.79 Å². The molecule has 24 nitrogen and oxygen atoms in total. The normalized spacial score (nSPS) is 15.7. The molecule has 0 bridgehead atoms. The van der Waals surface area contributed by atoms with Gasteiger partial charge in [-0.2, -0.15) is 0 Å². The monoisotopic (exact) mass is 977 g/mol. The summed E-state index contributed by atoms with van der Waals surface area (Å²) in [6.45, 7) is 1.50. The van der Waals surface area contributed by atoms with Crippen molar-refractivity contribution >= 4 is 70.9 Å². The van der Waals surface area contributed by atoms with Crippen LogP contribution < -0.4 is 16.0 Å². The Morgan fingerprint density at radius 1 is 0.536 bits per heavy atom. The summed E-state index contributed by atoms with van der Waals surface area (Å²) in [5, 5.41) is 8.59. The second-order valence-corrected chi connectivity index (χ2v) is 15.6. The van der Waals surface area contributed by atoms with Crippen molar-refractivity contribution in [1.29, 1.82) is 0 Å². The zero-order valence-electron chi connectivity index (χ0n) is 36.6. The number of ether oxygens (including phenoxy) is 4. The molecule has 4 aliphatic heterocycles. The Hall–Kier alpha value is -6.50. The van der Waals surface area contributed by atoms with Crippen LogP contribution in [0.2, 0.25) is 0 Å². The van der Waals surface area contributed by atoms with Crippen molar-refractivity contribution in [3.63, 3.8) is 0 Å². The Bertz CT molecular complexity index is 1830. The summed E-state index contributed by atoms with van der Waals surface area (Å²) in [6.07, 6.45) is 6.63. The number of hydrogen-bond donors (Lipinski definition) is 3. The van der Waals surface area contributed by atoms with Crippen LogP contribution in [-0.2, 0) is 81.3 Å². The van der Waals surface area contributed by atoms with Crippen molar-refractivity contribution in [1.82, 2.24) is 35.7 Å². The lowest BCUT2D eigenvalue weighted by Gasteiger charge is -2.33. The SMILES string of the molecule is C.C.C.CC(COCC(COCCCNC(=O)CCN1C(=O)C=CC1=O)(COCCCNC(=O)CCN1C(=O)C=CC1=O)COCCC(=O)ON1C(=O)CCC1=O)NC(=O)CCN1C(=O)C=CC1=O. The average Bonchev–Trinajstić information content (AvgIpc) is 3.99. The van der Waals surface area contributed by atoms with E-state index in [4.69, 9.17) is 23.8 Å². The molecule has 0 aromatic carbocycles. The van der Waals surface area contributed by atoms with Crippen LogP contribution in [0, 0.1) is 5.41 Å². The third kappa shape index (κ3) is 20.3. The molecule has 0 aromatic heterocycles. The molecule has 4 rings (SSSR count). The van der Waals surface area contributed by atoms with Crippen molar-refractivity contribution in [3.8, 4) is 0 Å². The minimum atomic E-state index is -1.09. The lowest BCUT2D eigenvalue weighted by Crippen LogP contribution is -2.44. The first-order chi connectivity index (χ1) is 31.6. The molecule has 0 saturated carbocycles. The lowest BCUT2D eigenvalue weighted by molar-refractivity contribution is -0.198. The highest BCUT2D eigenvalue weighted by molar-refractivity contribution is 6.14. The summed E-state index contributed by atoms with van der Waals surface area (Å²) < 4.78 is 24.0. The van der Waals surface area contributed by atoms with Crippen LogP contribution in [0.15, 0.2) is 36.5 Å². The predicted molar refractivity (Wildman–Crippen MR) is 242 cm³/mol. The fourth-order valence-electron chi connectivity index (χ4n) is 6.49. The second-order valence-electron chi connectivity index (χ2n) is 15.6. The summed E-state index contributed by atoms with van der Waals surface area (Å²) in [4.78, 5) is 152. The third-order valence-electron chi connectivity index (χ3n) is 10.0. The molecule has 1 atom stereocenters. The first kappa shape index (κ1) is 60.5. The Kier molecular flexibility index (Phi) is 27.0. The van der Waals surface area contributed by atoms with E-state index in [1.807, 2.05) is 0 Å². The molecule has 0 spiro atoms. The first-order valence-corrected chi connectivity index (χ1v) is 21.4. The van der Waals surface area contributed by atoms with Gasteiger partial charge in [0.2, 0.25) is 17.7 Å². The van der Waals surface area contributed by atoms with Gasteiger partial charge in [-0.15, -0.1) is 5.06 Å². The maximum absolute atomic E-state index is 12.7. The van der Waals surface area contributed by atoms with Crippen molar-refractivity contribution in [2.45, 2.75) is 86.6 Å². The molecule has 1 saturated heterocycles. The van der Waals surface area contributed by atoms with E-state index < -0.39 is 70.6 Å². The maximum atomic E-state index is 12.7. The molecule has 4 heterocycles. The Balaban J connectivity index is 0.00000793. The molecular weight excluding hydrogens is 911 g/mol. The van der Waals surface area contributed by atoms with Gasteiger partial charge in [0, 0.05) is 121 Å². The van der Waals surface area contributed by atoms with Gasteiger partial charge in [-0.1, -0.05) is 22.3 Å². The Morgan fingerprint density at radius 2 is 0.899 bits per heavy atom. The summed E-state index contributed by atoms with van der Waals surface area (Å²) >= 11 is 0. The predicted octanol–water partition coefficient (Wildman–Crippen LogP) is -0.593. The highest BCUT2D eigenvalue weighted by Gasteiger charge is 2.35. The number of nitrogens with zero attached hydrogens (tertiary/aromatic N) is 4. The molecular formula is C45H67N7O17. The van der Waals surface area contributed by atoms with Crippen molar-refractivity contribution in [3.05, 3.63) is 36.5 Å². The molecule has 1 unspecified atom stereocenters. The number of rotatable bonds is 32. The van der Waals surface area contributed by atoms with Crippen LogP contribution in [0.5, 0.6) is 0 Å². The molecule has 3 N–H and O–H groups in total. The summed E-state index contributed by atoms with van der Waals surface area (Å²) in [7, 11) is 0. The van der Waals surface area contributed by atoms with Gasteiger partial charge in [-0.3, -0.25) is 67.4 Å². The largest absolute Gasteiger partial charge is 0.381 e. The van der Waals surface area contributed by atoms with Crippen LogP contribution in [0.1, 0.15) is 80.6 Å². The number of nitrogens with one attached hydrogen (secondary N) is 3. The summed E-state index contributed by atoms with van der Waals surface area (Å²) in [5.41, 5.74) is -1.09. The number of hydroxylamine groups is 2. The van der Waals surface area contributed by atoms with Crippen molar-refractivity contribution in [2.24, 2.45) is 5.41 Å². The van der Waals surface area contributed by atoms with Gasteiger partial charge in [0.05, 0.1) is 51.5 Å². The lowest BCUT2D eigenvalue weighted by atomic mass is 9.92. The van der Waals surface area contributed by atoms with Crippen LogP contribution in [-0.4, -0.2) is 182 Å². The molecule has 11 amide bonds. The van der Waals surface area contributed by atoms with E-state index in [1.165, 1.54) is 0 Å². The quantitative estimate of drug-likeness (QED) is 0.0560.